The van der Waals surface area contributed by atoms with Gasteiger partial charge in [-0.25, -0.2) is 25.9 Å². The zero-order valence-electron chi connectivity index (χ0n) is 12.4. The van der Waals surface area contributed by atoms with Crippen molar-refractivity contribution in [2.75, 3.05) is 11.8 Å². The third kappa shape index (κ3) is 3.87. The van der Waals surface area contributed by atoms with E-state index >= 15 is 0 Å². The molecule has 2 aromatic carbocycles. The molecular weight excluding hydrogens is 343 g/mol. The molecule has 2 N–H and O–H groups in total. The molecule has 2 aromatic rings. The molecule has 0 bridgehead atoms. The molecule has 0 saturated carbocycles. The van der Waals surface area contributed by atoms with Crippen LogP contribution in [0.4, 0.5) is 10.1 Å². The number of hydrogen-bond donors (Lipinski definition) is 2. The first-order valence-corrected chi connectivity index (χ1v) is 9.45. The Bertz CT molecular complexity index is 924. The summed E-state index contributed by atoms with van der Waals surface area (Å²) in [5.74, 6) is -0.527. The van der Waals surface area contributed by atoms with Crippen LogP contribution in [0.1, 0.15) is 5.56 Å². The smallest absolute Gasteiger partial charge is 0.261 e. The first kappa shape index (κ1) is 17.4. The average Bonchev–Trinajstić information content (AvgIpc) is 2.51. The fourth-order valence-electron chi connectivity index (χ4n) is 1.79. The van der Waals surface area contributed by atoms with E-state index in [0.717, 1.165) is 18.2 Å². The second kappa shape index (κ2) is 6.26. The van der Waals surface area contributed by atoms with Crippen LogP contribution in [-0.4, -0.2) is 23.9 Å². The maximum Gasteiger partial charge on any atom is 0.261 e. The molecule has 0 radical (unpaired) electrons. The first-order valence-electron chi connectivity index (χ1n) is 6.48. The molecule has 0 heterocycles. The quantitative estimate of drug-likeness (QED) is 0.853. The molecule has 0 fully saturated rings. The van der Waals surface area contributed by atoms with Gasteiger partial charge in [0.05, 0.1) is 15.5 Å². The van der Waals surface area contributed by atoms with E-state index in [2.05, 4.69) is 9.44 Å². The normalized spacial score (nSPS) is 12.1. The fourth-order valence-corrected chi connectivity index (χ4v) is 3.57. The highest BCUT2D eigenvalue weighted by Crippen LogP contribution is 2.20. The summed E-state index contributed by atoms with van der Waals surface area (Å²) < 4.78 is 65.5. The Labute approximate surface area is 134 Å². The van der Waals surface area contributed by atoms with Gasteiger partial charge >= 0.3 is 0 Å². The van der Waals surface area contributed by atoms with Gasteiger partial charge < -0.3 is 0 Å². The van der Waals surface area contributed by atoms with Crippen molar-refractivity contribution in [3.05, 3.63) is 53.8 Å². The molecular formula is C14H15FN2O4S2. The van der Waals surface area contributed by atoms with Crippen molar-refractivity contribution >= 4 is 25.7 Å². The Hall–Kier alpha value is -1.97. The minimum Gasteiger partial charge on any atom is -0.280 e. The summed E-state index contributed by atoms with van der Waals surface area (Å²) in [6.45, 7) is 1.56. The lowest BCUT2D eigenvalue weighted by Gasteiger charge is -2.09. The molecule has 0 atom stereocenters. The van der Waals surface area contributed by atoms with Crippen molar-refractivity contribution in [2.45, 2.75) is 16.7 Å². The van der Waals surface area contributed by atoms with E-state index in [-0.39, 0.29) is 15.5 Å². The van der Waals surface area contributed by atoms with Crippen molar-refractivity contribution < 1.29 is 21.2 Å². The maximum absolute atomic E-state index is 13.5. The number of rotatable bonds is 5. The molecule has 23 heavy (non-hydrogen) atoms. The monoisotopic (exact) mass is 358 g/mol. The lowest BCUT2D eigenvalue weighted by atomic mass is 10.2. The van der Waals surface area contributed by atoms with Crippen LogP contribution < -0.4 is 9.44 Å². The number of halogens is 1. The molecule has 0 amide bonds. The predicted molar refractivity (Wildman–Crippen MR) is 84.6 cm³/mol. The summed E-state index contributed by atoms with van der Waals surface area (Å²) in [7, 11) is -6.33. The Morgan fingerprint density at radius 3 is 1.87 bits per heavy atom. The van der Waals surface area contributed by atoms with Crippen molar-refractivity contribution in [3.63, 3.8) is 0 Å². The molecule has 0 unspecified atom stereocenters. The zero-order chi connectivity index (χ0) is 17.3. The first-order chi connectivity index (χ1) is 10.7. The Kier molecular flexibility index (Phi) is 4.73. The number of aryl methyl sites for hydroxylation is 1. The highest BCUT2D eigenvalue weighted by atomic mass is 32.2. The fraction of sp³-hybridized carbons (Fsp3) is 0.143. The molecule has 124 valence electrons. The summed E-state index contributed by atoms with van der Waals surface area (Å²) >= 11 is 0. The lowest BCUT2D eigenvalue weighted by molar-refractivity contribution is 0.587. The van der Waals surface area contributed by atoms with Gasteiger partial charge in [-0.05, 0) is 55.9 Å². The maximum atomic E-state index is 13.5. The van der Waals surface area contributed by atoms with E-state index in [4.69, 9.17) is 0 Å². The van der Waals surface area contributed by atoms with Crippen LogP contribution in [0, 0.1) is 12.7 Å². The Balaban J connectivity index is 2.31. The molecule has 0 aliphatic heterocycles. The van der Waals surface area contributed by atoms with Gasteiger partial charge in [0.2, 0.25) is 10.0 Å². The third-order valence-electron chi connectivity index (χ3n) is 3.14. The summed E-state index contributed by atoms with van der Waals surface area (Å²) in [5, 5.41) is 0. The number of sulfonamides is 2. The minimum absolute atomic E-state index is 0.0552. The SMILES string of the molecule is CNS(=O)(=O)c1ccc(S(=O)(=O)Nc2ccc(C)c(F)c2)cc1. The van der Waals surface area contributed by atoms with Crippen LogP contribution in [0.15, 0.2) is 52.3 Å². The van der Waals surface area contributed by atoms with E-state index < -0.39 is 25.9 Å². The number of benzene rings is 2. The Morgan fingerprint density at radius 2 is 1.39 bits per heavy atom. The highest BCUT2D eigenvalue weighted by Gasteiger charge is 2.17. The molecule has 0 aliphatic carbocycles. The predicted octanol–water partition coefficient (Wildman–Crippen LogP) is 1.84. The summed E-state index contributed by atoms with van der Waals surface area (Å²) in [6, 6.07) is 8.65. The van der Waals surface area contributed by atoms with Gasteiger partial charge in [-0.2, -0.15) is 0 Å². The highest BCUT2D eigenvalue weighted by molar-refractivity contribution is 7.92. The molecule has 2 rings (SSSR count). The van der Waals surface area contributed by atoms with Crippen LogP contribution in [0.2, 0.25) is 0 Å². The molecule has 9 heteroatoms. The van der Waals surface area contributed by atoms with Gasteiger partial charge in [-0.15, -0.1) is 0 Å². The van der Waals surface area contributed by atoms with Gasteiger partial charge in [0.15, 0.2) is 0 Å². The minimum atomic E-state index is -3.94. The number of nitrogens with one attached hydrogen (secondary N) is 2. The van der Waals surface area contributed by atoms with Crippen LogP contribution in [0.3, 0.4) is 0 Å². The largest absolute Gasteiger partial charge is 0.280 e. The second-order valence-corrected chi connectivity index (χ2v) is 8.32. The van der Waals surface area contributed by atoms with Gasteiger partial charge in [0, 0.05) is 0 Å². The van der Waals surface area contributed by atoms with Gasteiger partial charge in [0.1, 0.15) is 5.82 Å². The van der Waals surface area contributed by atoms with Crippen molar-refractivity contribution in [3.8, 4) is 0 Å². The summed E-state index contributed by atoms with van der Waals surface area (Å²) in [6.07, 6.45) is 0. The standard InChI is InChI=1S/C14H15FN2O4S2/c1-10-3-4-11(9-14(10)15)17-23(20,21)13-7-5-12(6-8-13)22(18,19)16-2/h3-9,16-17H,1-2H3. The van der Waals surface area contributed by atoms with E-state index in [1.807, 2.05) is 0 Å². The van der Waals surface area contributed by atoms with Crippen LogP contribution in [0.5, 0.6) is 0 Å². The van der Waals surface area contributed by atoms with Crippen molar-refractivity contribution in [1.82, 2.24) is 4.72 Å². The Morgan fingerprint density at radius 1 is 0.870 bits per heavy atom. The van der Waals surface area contributed by atoms with E-state index in [1.54, 1.807) is 6.92 Å². The number of anilines is 1. The number of hydrogen-bond acceptors (Lipinski definition) is 4. The molecule has 0 aliphatic rings. The van der Waals surface area contributed by atoms with Gasteiger partial charge in [-0.3, -0.25) is 4.72 Å². The molecule has 6 nitrogen and oxygen atoms in total. The van der Waals surface area contributed by atoms with E-state index in [0.29, 0.717) is 5.56 Å². The summed E-state index contributed by atoms with van der Waals surface area (Å²) in [5.41, 5.74) is 0.481. The lowest BCUT2D eigenvalue weighted by Crippen LogP contribution is -2.19. The topological polar surface area (TPSA) is 92.3 Å². The van der Waals surface area contributed by atoms with Crippen LogP contribution in [-0.2, 0) is 20.0 Å². The van der Waals surface area contributed by atoms with Crippen molar-refractivity contribution in [2.24, 2.45) is 0 Å². The average molecular weight is 358 g/mol. The summed E-state index contributed by atoms with van der Waals surface area (Å²) in [4.78, 5) is -0.186. The third-order valence-corrected chi connectivity index (χ3v) is 5.96. The molecule has 0 spiro atoms. The molecule has 0 saturated heterocycles. The van der Waals surface area contributed by atoms with E-state index in [1.165, 1.54) is 31.3 Å². The van der Waals surface area contributed by atoms with E-state index in [9.17, 15) is 21.2 Å². The van der Waals surface area contributed by atoms with Crippen LogP contribution in [0.25, 0.3) is 0 Å². The van der Waals surface area contributed by atoms with Crippen molar-refractivity contribution in [1.29, 1.82) is 0 Å². The van der Waals surface area contributed by atoms with Crippen LogP contribution >= 0.6 is 0 Å². The molecule has 0 aromatic heterocycles. The van der Waals surface area contributed by atoms with Gasteiger partial charge in [0.25, 0.3) is 10.0 Å². The zero-order valence-corrected chi connectivity index (χ0v) is 14.0. The van der Waals surface area contributed by atoms with Gasteiger partial charge in [-0.1, -0.05) is 6.07 Å². The second-order valence-electron chi connectivity index (χ2n) is 4.75.